The van der Waals surface area contributed by atoms with Crippen LogP contribution in [0.2, 0.25) is 10.0 Å². The first-order chi connectivity index (χ1) is 64.8. The van der Waals surface area contributed by atoms with Crippen LogP contribution >= 0.6 is 23.2 Å². The molecule has 3 saturated heterocycles. The van der Waals surface area contributed by atoms with Gasteiger partial charge in [0, 0.05) is 55.5 Å². The minimum atomic E-state index is -2.60. The molecule has 23 unspecified atom stereocenters. The quantitative estimate of drug-likeness (QED) is 0.0454. The molecule has 23 atom stereocenters. The summed E-state index contributed by atoms with van der Waals surface area (Å²) in [6, 6.07) is 0.0998. The number of amides is 9. The number of halogens is 2. The van der Waals surface area contributed by atoms with E-state index in [0.29, 0.717) is 18.8 Å². The Hall–Kier alpha value is -12.5. The third-order valence-corrected chi connectivity index (χ3v) is 24.5. The van der Waals surface area contributed by atoms with Gasteiger partial charge in [-0.3, -0.25) is 43.2 Å². The van der Waals surface area contributed by atoms with E-state index in [1.165, 1.54) is 24.3 Å². The molecular weight excluding hydrogens is 1830 g/mol. The van der Waals surface area contributed by atoms with Crippen LogP contribution in [0.15, 0.2) is 115 Å². The lowest BCUT2D eigenvalue weighted by Gasteiger charge is -2.44. The fraction of sp³-hybridized carbons (Fsp3) is 0.429. The zero-order valence-corrected chi connectivity index (χ0v) is 74.3. The van der Waals surface area contributed by atoms with Crippen molar-refractivity contribution in [3.05, 3.63) is 164 Å². The number of carboxylic acids is 1. The van der Waals surface area contributed by atoms with Crippen LogP contribution in [0.3, 0.4) is 0 Å². The van der Waals surface area contributed by atoms with Gasteiger partial charge >= 0.3 is 5.97 Å². The van der Waals surface area contributed by atoms with Gasteiger partial charge in [0.05, 0.1) is 29.9 Å². The Kier molecular flexibility index (Phi) is 31.0. The Morgan fingerprint density at radius 1 is 0.471 bits per heavy atom. The fourth-order valence-corrected chi connectivity index (χ4v) is 17.5. The number of aliphatic hydroxyl groups excluding tert-OH is 10. The van der Waals surface area contributed by atoms with Crippen molar-refractivity contribution in [1.82, 2.24) is 47.9 Å². The summed E-state index contributed by atoms with van der Waals surface area (Å²) in [6.45, 7) is 3.07. The number of carboxylic acid groups (broad SMARTS) is 1. The van der Waals surface area contributed by atoms with Crippen molar-refractivity contribution >= 4 is 82.3 Å². The third-order valence-electron chi connectivity index (χ3n) is 23.9. The number of carbonyl (C=O) groups is 10. The topological polar surface area (TPSA) is 665 Å². The third kappa shape index (κ3) is 21.9. The summed E-state index contributed by atoms with van der Waals surface area (Å²) < 4.78 is 57.6. The number of hydrogen-bond donors (Lipinski definition) is 24. The summed E-state index contributed by atoms with van der Waals surface area (Å²) in [6.07, 6.45) is -25.1. The first-order valence-corrected chi connectivity index (χ1v) is 44.1. The van der Waals surface area contributed by atoms with Gasteiger partial charge in [-0.25, -0.2) is 4.79 Å². The molecule has 9 heterocycles. The van der Waals surface area contributed by atoms with Crippen LogP contribution < -0.4 is 71.5 Å². The SMILES string of the molecule is CC(=O)NC1C(=O)NC2Cc3ccc(c(Cl)c3)Oc3cc4cc(c3OC3OC(CO)C(O)C(O)C3NC(=O)CCCCCCCC(C)C)Oc3ccc(cc3Cl)C(OC3OC(CO)C(O)C(O)C3NC(C)=O)C3NC(=O)C(NC(=O)C4NC(=O)C(NC2=O)c2cc(O)cc(c2)Oc2cc1ccc2O)c1ccc(O)c(c1)-c1c(OC2OC(CO)C(O)C(O)C2O)cc(O)cc1C(C(=O)O)NC3=O. The lowest BCUT2D eigenvalue weighted by atomic mass is 9.89. The maximum atomic E-state index is 17.1. The summed E-state index contributed by atoms with van der Waals surface area (Å²) in [7, 11) is 0. The Labute approximate surface area is 783 Å². The minimum Gasteiger partial charge on any atom is -0.508 e. The van der Waals surface area contributed by atoms with E-state index < -0.39 is 333 Å². The highest BCUT2D eigenvalue weighted by atomic mass is 35.5. The average Bonchev–Trinajstić information content (AvgIpc) is 0.753. The molecule has 7 aromatic carbocycles. The highest BCUT2D eigenvalue weighted by Crippen LogP contribution is 2.51. The van der Waals surface area contributed by atoms with Crippen LogP contribution in [0.4, 0.5) is 0 Å². The average molecular weight is 1940 g/mol. The number of hydrogen-bond acceptors (Lipinski definition) is 33. The largest absolute Gasteiger partial charge is 0.508 e. The molecule has 7 aromatic rings. The van der Waals surface area contributed by atoms with Crippen molar-refractivity contribution in [3.8, 4) is 80.1 Å². The fourth-order valence-electron chi connectivity index (χ4n) is 17.0. The van der Waals surface area contributed by atoms with Gasteiger partial charge in [0.25, 0.3) is 0 Å². The van der Waals surface area contributed by atoms with Crippen LogP contribution in [0.5, 0.6) is 69.0 Å². The first kappa shape index (κ1) is 99.4. The molecule has 0 aromatic heterocycles. The van der Waals surface area contributed by atoms with Crippen molar-refractivity contribution in [2.45, 2.75) is 219 Å². The molecule has 9 amide bonds. The number of aromatic hydroxyl groups is 4. The second-order valence-corrected chi connectivity index (χ2v) is 35.0. The minimum absolute atomic E-state index is 0.0330. The molecule has 43 nitrogen and oxygen atoms in total. The zero-order valence-electron chi connectivity index (χ0n) is 72.8. The van der Waals surface area contributed by atoms with Crippen molar-refractivity contribution in [1.29, 1.82) is 0 Å². The highest BCUT2D eigenvalue weighted by Gasteiger charge is 2.52. The Bertz CT molecular complexity index is 5720. The monoisotopic (exact) mass is 1930 g/mol. The van der Waals surface area contributed by atoms with E-state index in [2.05, 4.69) is 61.7 Å². The molecule has 136 heavy (non-hydrogen) atoms. The van der Waals surface area contributed by atoms with Crippen LogP contribution in [0.1, 0.15) is 148 Å². The van der Waals surface area contributed by atoms with E-state index in [1.54, 1.807) is 0 Å². The molecule has 0 aliphatic carbocycles. The molecule has 9 aliphatic heterocycles. The molecule has 17 bridgehead atoms. The van der Waals surface area contributed by atoms with E-state index in [9.17, 15) is 95.8 Å². The summed E-state index contributed by atoms with van der Waals surface area (Å²) in [5.74, 6) is -20.4. The van der Waals surface area contributed by atoms with Crippen molar-refractivity contribution in [2.75, 3.05) is 19.8 Å². The van der Waals surface area contributed by atoms with Gasteiger partial charge in [0.2, 0.25) is 71.5 Å². The van der Waals surface area contributed by atoms with E-state index >= 15 is 28.8 Å². The predicted octanol–water partition coefficient (Wildman–Crippen LogP) is 1.59. The van der Waals surface area contributed by atoms with Gasteiger partial charge in [-0.05, 0) is 125 Å². The van der Waals surface area contributed by atoms with Crippen molar-refractivity contribution in [3.63, 3.8) is 0 Å². The summed E-state index contributed by atoms with van der Waals surface area (Å²) in [5, 5.41) is 193. The standard InChI is InChI=1S/C91H101Cl2N9O34/c1-35(2)10-8-6-5-7-9-11-63(112)97-71-77(117)74(114)61(33-104)133-90(71)136-81-58-27-43-28-59(81)130-55-19-15-41(25-50(55)93)80(135-89-70(95-37(4)107)76(116)73(113)60(32-103)132-89)72-87(125)101-69(88(126)127)48-30-45(109)31-57(131-91-79(119)78(118)75(115)62(34-105)134-91)64(48)47-24-39(13-16-52(47)110)66(84(122)102-72)99-86(124)68(43)100-85(123)67-42-22-44(108)29-46(23-42)128-56-26-40(14-17-53(56)111)65(94-36(3)106)83(121)96-51(82(120)98-67)21-38-12-18-54(129-58)49(92)20-38/h12-20,22-31,35,51,60-62,65-80,89-91,103-105,108-111,113-119H,5-11,21,32-34H2,1-4H3,(H,94,106)(H,95,107)(H,96,121)(H,97,112)(H,98,120)(H,99,124)(H,100,123)(H,101,125)(H,102,122)(H,126,127). The molecule has 9 aliphatic rings. The highest BCUT2D eigenvalue weighted by molar-refractivity contribution is 6.32. The summed E-state index contributed by atoms with van der Waals surface area (Å²) in [5.41, 5.74) is -3.99. The molecule has 16 rings (SSSR count). The van der Waals surface area contributed by atoms with Crippen molar-refractivity contribution < 1.29 is 167 Å². The molecule has 0 saturated carbocycles. The summed E-state index contributed by atoms with van der Waals surface area (Å²) in [4.78, 5) is 152. The number of phenols is 4. The predicted molar refractivity (Wildman–Crippen MR) is 467 cm³/mol. The number of fused-ring (bicyclic) bond motifs is 14. The number of unbranched alkanes of at least 4 members (excludes halogenated alkanes) is 4. The molecule has 0 spiro atoms. The first-order valence-electron chi connectivity index (χ1n) is 43.4. The van der Waals surface area contributed by atoms with Crippen LogP contribution in [-0.4, -0.2) is 260 Å². The lowest BCUT2D eigenvalue weighted by molar-refractivity contribution is -0.284. The number of ether oxygens (including phenoxy) is 9. The van der Waals surface area contributed by atoms with Crippen molar-refractivity contribution in [2.24, 2.45) is 5.92 Å². The maximum Gasteiger partial charge on any atom is 0.330 e. The van der Waals surface area contributed by atoms with E-state index in [1.807, 2.05) is 0 Å². The number of carbonyl (C=O) groups excluding carboxylic acids is 9. The van der Waals surface area contributed by atoms with Gasteiger partial charge < -0.3 is 167 Å². The normalized spacial score (nSPS) is 28.3. The second-order valence-electron chi connectivity index (χ2n) is 34.2. The molecule has 45 heteroatoms. The van der Waals surface area contributed by atoms with E-state index in [0.717, 1.165) is 131 Å². The lowest BCUT2D eigenvalue weighted by Crippen LogP contribution is -2.65. The van der Waals surface area contributed by atoms with E-state index in [4.69, 9.17) is 65.8 Å². The maximum absolute atomic E-state index is 17.1. The number of benzene rings is 7. The molecule has 0 radical (unpaired) electrons. The van der Waals surface area contributed by atoms with Gasteiger partial charge in [0.15, 0.2) is 35.3 Å². The van der Waals surface area contributed by atoms with Gasteiger partial charge in [0.1, 0.15) is 156 Å². The van der Waals surface area contributed by atoms with Gasteiger partial charge in [-0.2, -0.15) is 0 Å². The number of nitrogens with one attached hydrogen (secondary N) is 9. The van der Waals surface area contributed by atoms with Gasteiger partial charge in [-0.15, -0.1) is 0 Å². The molecular formula is C91H101Cl2N9O34. The number of aliphatic carboxylic acids is 1. The smallest absolute Gasteiger partial charge is 0.330 e. The molecule has 3 fully saturated rings. The number of phenolic OH excluding ortho intramolecular Hbond substituents is 4. The van der Waals surface area contributed by atoms with Crippen LogP contribution in [-0.2, 0) is 73.3 Å². The Balaban J connectivity index is 1.03. The number of aliphatic hydroxyl groups is 10. The Morgan fingerprint density at radius 2 is 1.01 bits per heavy atom. The Morgan fingerprint density at radius 3 is 1.64 bits per heavy atom. The van der Waals surface area contributed by atoms with Crippen LogP contribution in [0, 0.1) is 5.92 Å². The van der Waals surface area contributed by atoms with Crippen LogP contribution in [0.25, 0.3) is 11.1 Å². The molecule has 728 valence electrons. The second kappa shape index (κ2) is 42.4. The summed E-state index contributed by atoms with van der Waals surface area (Å²) >= 11 is 14.8. The zero-order chi connectivity index (χ0) is 97.9. The molecule has 24 N–H and O–H groups in total. The van der Waals surface area contributed by atoms with Gasteiger partial charge in [-0.1, -0.05) is 93.4 Å². The van der Waals surface area contributed by atoms with E-state index in [-0.39, 0.29) is 28.3 Å². The number of rotatable bonds is 21.